The van der Waals surface area contributed by atoms with Gasteiger partial charge in [-0.15, -0.1) is 6.58 Å². The Kier molecular flexibility index (Phi) is 22.9. The Morgan fingerprint density at radius 3 is 1.21 bits per heavy atom. The summed E-state index contributed by atoms with van der Waals surface area (Å²) >= 11 is 0. The van der Waals surface area contributed by atoms with E-state index in [4.69, 9.17) is 28.4 Å². The summed E-state index contributed by atoms with van der Waals surface area (Å²) in [6.07, 6.45) is 14.2. The van der Waals surface area contributed by atoms with E-state index in [1.807, 2.05) is 58.9 Å². The summed E-state index contributed by atoms with van der Waals surface area (Å²) in [7, 11) is 0. The number of rotatable bonds is 20. The third kappa shape index (κ3) is 20.0. The van der Waals surface area contributed by atoms with Crippen LogP contribution in [0.25, 0.3) is 12.2 Å². The van der Waals surface area contributed by atoms with Gasteiger partial charge in [0.05, 0.1) is 34.9 Å². The molecule has 0 fully saturated rings. The molecule has 0 heterocycles. The summed E-state index contributed by atoms with van der Waals surface area (Å²) in [6, 6.07) is 20.1. The van der Waals surface area contributed by atoms with Crippen molar-refractivity contribution in [3.05, 3.63) is 143 Å². The van der Waals surface area contributed by atoms with Gasteiger partial charge in [-0.1, -0.05) is 45.9 Å². The van der Waals surface area contributed by atoms with Gasteiger partial charge in [-0.3, -0.25) is 28.8 Å². The van der Waals surface area contributed by atoms with Crippen molar-refractivity contribution in [2.24, 2.45) is 21.7 Å². The second kappa shape index (κ2) is 27.6. The van der Waals surface area contributed by atoms with E-state index in [0.717, 1.165) is 24.0 Å². The van der Waals surface area contributed by atoms with Crippen molar-refractivity contribution >= 4 is 47.6 Å². The van der Waals surface area contributed by atoms with Gasteiger partial charge in [0, 0.05) is 45.4 Å². The van der Waals surface area contributed by atoms with Crippen molar-refractivity contribution < 1.29 is 57.2 Å². The summed E-state index contributed by atoms with van der Waals surface area (Å²) in [4.78, 5) is 75.4. The predicted octanol–water partition coefficient (Wildman–Crippen LogP) is 15.1. The van der Waals surface area contributed by atoms with E-state index in [2.05, 4.69) is 6.58 Å². The van der Waals surface area contributed by atoms with E-state index in [0.29, 0.717) is 76.4 Å². The van der Waals surface area contributed by atoms with Crippen LogP contribution in [0.2, 0.25) is 0 Å². The molecular weight excluding hydrogens is 973 g/mol. The molecule has 0 spiro atoms. The van der Waals surface area contributed by atoms with Crippen LogP contribution in [0.3, 0.4) is 0 Å². The Bertz CT molecular complexity index is 2810. The summed E-state index contributed by atoms with van der Waals surface area (Å²) in [5.74, 6) is 0.807. The molecule has 4 aromatic carbocycles. The number of esters is 4. The van der Waals surface area contributed by atoms with Crippen molar-refractivity contribution in [2.45, 2.75) is 142 Å². The molecule has 4 aromatic rings. The molecule has 0 aromatic heterocycles. The van der Waals surface area contributed by atoms with Crippen LogP contribution in [0.4, 0.5) is 0 Å². The molecule has 414 valence electrons. The van der Waals surface area contributed by atoms with E-state index >= 15 is 0 Å². The van der Waals surface area contributed by atoms with Crippen LogP contribution in [0.15, 0.2) is 110 Å². The Balaban J connectivity index is 0.000000405. The second-order valence-electron chi connectivity index (χ2n) is 23.3. The predicted molar refractivity (Wildman–Crippen MR) is 306 cm³/mol. The number of carbonyl (C=O) groups excluding carboxylic acids is 6. The molecule has 0 radical (unpaired) electrons. The highest BCUT2D eigenvalue weighted by atomic mass is 16.6. The van der Waals surface area contributed by atoms with Crippen LogP contribution in [-0.2, 0) is 31.0 Å². The zero-order valence-corrected chi connectivity index (χ0v) is 48.6. The number of hydrogen-bond donors (Lipinski definition) is 0. The fraction of sp³-hybridized carbons (Fsp3) is 0.415. The second-order valence-corrected chi connectivity index (χ2v) is 23.3. The van der Waals surface area contributed by atoms with Gasteiger partial charge >= 0.3 is 23.9 Å². The Hall–Kier alpha value is -7.34. The average Bonchev–Trinajstić information content (AvgIpc) is 3.35. The van der Waals surface area contributed by atoms with Crippen molar-refractivity contribution in [3.63, 3.8) is 0 Å². The molecule has 0 saturated heterocycles. The number of ether oxygens (including phenoxy) is 6. The van der Waals surface area contributed by atoms with Crippen LogP contribution in [-0.4, -0.2) is 48.7 Å². The van der Waals surface area contributed by atoms with Crippen LogP contribution in [0.1, 0.15) is 174 Å². The van der Waals surface area contributed by atoms with Crippen LogP contribution in [0.5, 0.6) is 34.5 Å². The minimum absolute atomic E-state index is 0.210. The minimum Gasteiger partial charge on any atom is -0.493 e. The Morgan fingerprint density at radius 1 is 0.481 bits per heavy atom. The third-order valence-electron chi connectivity index (χ3n) is 11.4. The normalized spacial score (nSPS) is 12.2. The maximum Gasteiger partial charge on any atom is 0.316 e. The summed E-state index contributed by atoms with van der Waals surface area (Å²) in [5.41, 5.74) is 0.708. The van der Waals surface area contributed by atoms with Crippen molar-refractivity contribution in [1.82, 2.24) is 0 Å². The molecule has 0 atom stereocenters. The molecular formula is C65H82O12. The minimum atomic E-state index is -0.689. The lowest BCUT2D eigenvalue weighted by molar-refractivity contribution is -0.143. The molecule has 0 bridgehead atoms. The molecule has 0 aliphatic carbocycles. The zero-order valence-electron chi connectivity index (χ0n) is 48.6. The zero-order chi connectivity index (χ0) is 58.1. The van der Waals surface area contributed by atoms with Crippen LogP contribution >= 0.6 is 0 Å². The van der Waals surface area contributed by atoms with Gasteiger partial charge in [-0.25, -0.2) is 0 Å². The van der Waals surface area contributed by atoms with Gasteiger partial charge < -0.3 is 28.4 Å². The van der Waals surface area contributed by atoms with Crippen LogP contribution < -0.4 is 28.4 Å². The molecule has 77 heavy (non-hydrogen) atoms. The number of carbonyl (C=O) groups is 6. The first-order valence-electron chi connectivity index (χ1n) is 26.2. The molecule has 0 amide bonds. The highest BCUT2D eigenvalue weighted by molar-refractivity contribution is 6.07. The quantitative estimate of drug-likeness (QED) is 0.0272. The van der Waals surface area contributed by atoms with E-state index in [-0.39, 0.29) is 35.4 Å². The molecule has 12 nitrogen and oxygen atoms in total. The fourth-order valence-corrected chi connectivity index (χ4v) is 6.26. The number of allylic oxidation sites excluding steroid dienone is 5. The van der Waals surface area contributed by atoms with E-state index < -0.39 is 27.1 Å². The van der Waals surface area contributed by atoms with Gasteiger partial charge in [-0.05, 0) is 200 Å². The van der Waals surface area contributed by atoms with Crippen molar-refractivity contribution in [1.29, 1.82) is 0 Å². The largest absolute Gasteiger partial charge is 0.493 e. The maximum absolute atomic E-state index is 13.0. The van der Waals surface area contributed by atoms with Gasteiger partial charge in [0.1, 0.15) is 34.5 Å². The first-order valence-corrected chi connectivity index (χ1v) is 26.2. The number of hydrogen-bond acceptors (Lipinski definition) is 12. The summed E-state index contributed by atoms with van der Waals surface area (Å²) in [6.45, 7) is 36.2. The van der Waals surface area contributed by atoms with Gasteiger partial charge in [0.2, 0.25) is 0 Å². The first kappa shape index (κ1) is 63.9. The molecule has 4 rings (SSSR count). The smallest absolute Gasteiger partial charge is 0.316 e. The number of ketones is 2. The topological polar surface area (TPSA) is 158 Å². The molecule has 0 aliphatic heterocycles. The third-order valence-corrected chi connectivity index (χ3v) is 11.4. The van der Waals surface area contributed by atoms with Gasteiger partial charge in [-0.2, -0.15) is 0 Å². The average molecular weight is 1060 g/mol. The van der Waals surface area contributed by atoms with Gasteiger partial charge in [0.25, 0.3) is 0 Å². The molecule has 0 aliphatic rings. The van der Waals surface area contributed by atoms with Crippen molar-refractivity contribution in [3.8, 4) is 34.5 Å². The van der Waals surface area contributed by atoms with E-state index in [1.54, 1.807) is 162 Å². The summed E-state index contributed by atoms with van der Waals surface area (Å²) in [5, 5.41) is 0. The standard InChI is InChI=1S/C33H42O6.C32H40O6/c1-11-19-37-27-21-28(39-30(36)32(6,7)8)25(33(9,10)12-2)20-23(27)15-18-26(34)22-13-16-24(17-14-22)38-29(35)31(3,4)5;1-9-11-12-23-20-24(27(36-19-10-2)21-28(23)38-30(35)32(6,7)8)15-18-26(33)22-13-16-25(17-14-22)37-29(34)31(3,4)5/h12-18,20-21H,2,11,19H2,1,3-10H3;9,11,13-18,20-21H,10,12,19H2,1-8H3/b18-15+;11-9+,18-15+. The van der Waals surface area contributed by atoms with Crippen LogP contribution in [0, 0.1) is 21.7 Å². The maximum atomic E-state index is 13.0. The number of benzene rings is 4. The van der Waals surface area contributed by atoms with Crippen molar-refractivity contribution in [2.75, 3.05) is 13.2 Å². The highest BCUT2D eigenvalue weighted by Crippen LogP contribution is 2.40. The van der Waals surface area contributed by atoms with E-state index in [9.17, 15) is 28.8 Å². The molecule has 12 heteroatoms. The Labute approximate surface area is 457 Å². The lowest BCUT2D eigenvalue weighted by Gasteiger charge is -2.26. The lowest BCUT2D eigenvalue weighted by Crippen LogP contribution is -2.27. The SMILES string of the molecule is C/C=C/Cc1cc(/C=C/C(=O)c2ccc(OC(=O)C(C)(C)C)cc2)c(OCCC)cc1OC(=O)C(C)(C)C.C=CC(C)(C)c1cc(/C=C/C(=O)c2ccc(OC(=O)C(C)(C)C)cc2)c(OCCC)cc1OC(=O)C(C)(C)C. The first-order chi connectivity index (χ1) is 35.7. The van der Waals surface area contributed by atoms with Gasteiger partial charge in [0.15, 0.2) is 11.6 Å². The highest BCUT2D eigenvalue weighted by Gasteiger charge is 2.30. The Morgan fingerprint density at radius 2 is 0.844 bits per heavy atom. The molecule has 0 saturated carbocycles. The molecule has 0 N–H and O–H groups in total. The summed E-state index contributed by atoms with van der Waals surface area (Å²) < 4.78 is 34.3. The lowest BCUT2D eigenvalue weighted by atomic mass is 9.83. The monoisotopic (exact) mass is 1050 g/mol. The molecule has 0 unspecified atom stereocenters. The fourth-order valence-electron chi connectivity index (χ4n) is 6.26. The van der Waals surface area contributed by atoms with E-state index in [1.165, 1.54) is 12.2 Å².